The Labute approximate surface area is 147 Å². The van der Waals surface area contributed by atoms with Crippen LogP contribution in [0.1, 0.15) is 61.2 Å². The predicted molar refractivity (Wildman–Crippen MR) is 94.3 cm³/mol. The highest BCUT2D eigenvalue weighted by Crippen LogP contribution is 2.29. The number of nitrogens with zero attached hydrogens (tertiary/aromatic N) is 2. The molecule has 1 fully saturated rings. The minimum atomic E-state index is -0.724. The molecule has 24 heavy (non-hydrogen) atoms. The molecule has 0 spiro atoms. The summed E-state index contributed by atoms with van der Waals surface area (Å²) in [5, 5.41) is 13.2. The van der Waals surface area contributed by atoms with Gasteiger partial charge in [0.2, 0.25) is 0 Å². The van der Waals surface area contributed by atoms with Gasteiger partial charge in [-0.15, -0.1) is 11.3 Å². The summed E-state index contributed by atoms with van der Waals surface area (Å²) in [6.45, 7) is 6.08. The normalized spacial score (nSPS) is 22.0. The maximum Gasteiger partial charge on any atom is 0.317 e. The monoisotopic (exact) mass is 353 g/mol. The molecule has 7 heteroatoms. The summed E-state index contributed by atoms with van der Waals surface area (Å²) < 4.78 is 0. The number of hydrogen-bond donors (Lipinski definition) is 2. The van der Waals surface area contributed by atoms with Crippen molar-refractivity contribution in [2.45, 2.75) is 65.0 Å². The number of aliphatic carboxylic acids is 1. The van der Waals surface area contributed by atoms with Crippen LogP contribution in [-0.4, -0.2) is 40.1 Å². The lowest BCUT2D eigenvalue weighted by Gasteiger charge is -2.31. The number of carbonyl (C=O) groups is 2. The summed E-state index contributed by atoms with van der Waals surface area (Å²) in [5.74, 6) is -0.986. The van der Waals surface area contributed by atoms with Gasteiger partial charge in [0.15, 0.2) is 0 Å². The number of carboxylic acid groups (broad SMARTS) is 1. The molecule has 0 aliphatic heterocycles. The summed E-state index contributed by atoms with van der Waals surface area (Å²) in [7, 11) is 1.80. The molecule has 0 aromatic carbocycles. The number of thiazole rings is 1. The minimum Gasteiger partial charge on any atom is -0.481 e. The van der Waals surface area contributed by atoms with Gasteiger partial charge in [-0.05, 0) is 46.0 Å². The Morgan fingerprint density at radius 3 is 2.50 bits per heavy atom. The first-order valence-corrected chi connectivity index (χ1v) is 9.37. The smallest absolute Gasteiger partial charge is 0.317 e. The molecular formula is C17H27N3O3S. The third-order valence-corrected chi connectivity index (χ3v) is 6.34. The van der Waals surface area contributed by atoms with Gasteiger partial charge >= 0.3 is 12.0 Å². The Hall–Kier alpha value is -1.63. The molecule has 1 aromatic rings. The molecule has 0 radical (unpaired) electrons. The Morgan fingerprint density at radius 1 is 1.38 bits per heavy atom. The molecule has 1 unspecified atom stereocenters. The van der Waals surface area contributed by atoms with Crippen LogP contribution in [-0.2, 0) is 11.2 Å². The quantitative estimate of drug-likeness (QED) is 0.850. The van der Waals surface area contributed by atoms with E-state index in [9.17, 15) is 9.59 Å². The van der Waals surface area contributed by atoms with Crippen LogP contribution in [0.2, 0.25) is 0 Å². The third-order valence-electron chi connectivity index (χ3n) is 4.86. The van der Waals surface area contributed by atoms with Crippen molar-refractivity contribution >= 4 is 23.3 Å². The van der Waals surface area contributed by atoms with Crippen LogP contribution in [0.4, 0.5) is 4.79 Å². The van der Waals surface area contributed by atoms with Crippen molar-refractivity contribution in [1.82, 2.24) is 15.2 Å². The lowest BCUT2D eigenvalue weighted by atomic mass is 9.86. The first-order chi connectivity index (χ1) is 11.3. The molecule has 134 valence electrons. The van der Waals surface area contributed by atoms with Gasteiger partial charge in [0.1, 0.15) is 0 Å². The van der Waals surface area contributed by atoms with Gasteiger partial charge in [-0.2, -0.15) is 0 Å². The molecule has 2 amide bonds. The summed E-state index contributed by atoms with van der Waals surface area (Å²) in [4.78, 5) is 30.9. The molecule has 1 aliphatic carbocycles. The van der Waals surface area contributed by atoms with Crippen LogP contribution in [0.3, 0.4) is 0 Å². The number of nitrogens with one attached hydrogen (secondary N) is 1. The van der Waals surface area contributed by atoms with Crippen molar-refractivity contribution in [3.8, 4) is 0 Å². The number of carboxylic acids is 1. The van der Waals surface area contributed by atoms with Gasteiger partial charge in [-0.3, -0.25) is 4.79 Å². The summed E-state index contributed by atoms with van der Waals surface area (Å²) in [6, 6.07) is -0.0678. The number of hydrogen-bond acceptors (Lipinski definition) is 4. The fraction of sp³-hybridized carbons (Fsp3) is 0.706. The average molecular weight is 353 g/mol. The van der Waals surface area contributed by atoms with E-state index in [1.54, 1.807) is 23.3 Å². The highest BCUT2D eigenvalue weighted by molar-refractivity contribution is 7.11. The SMILES string of the molecule is CCc1nc(C)c(C(C)N(C)C(=O)NC2CCC(C(=O)O)CC2)s1. The number of aryl methyl sites for hydroxylation is 2. The fourth-order valence-corrected chi connectivity index (χ4v) is 4.22. The van der Waals surface area contributed by atoms with Crippen LogP contribution < -0.4 is 5.32 Å². The van der Waals surface area contributed by atoms with E-state index >= 15 is 0 Å². The topological polar surface area (TPSA) is 82.5 Å². The van der Waals surface area contributed by atoms with Gasteiger partial charge in [-0.1, -0.05) is 6.92 Å². The molecule has 2 rings (SSSR count). The molecule has 2 N–H and O–H groups in total. The minimum absolute atomic E-state index is 0.0295. The third kappa shape index (κ3) is 4.26. The summed E-state index contributed by atoms with van der Waals surface area (Å²) in [5.41, 5.74) is 0.992. The van der Waals surface area contributed by atoms with Gasteiger partial charge in [0, 0.05) is 18.0 Å². The number of carbonyl (C=O) groups excluding carboxylic acids is 1. The molecule has 1 aliphatic rings. The molecule has 1 saturated carbocycles. The van der Waals surface area contributed by atoms with Gasteiger partial charge in [-0.25, -0.2) is 9.78 Å². The zero-order chi connectivity index (χ0) is 17.9. The Bertz CT molecular complexity index is 594. The zero-order valence-electron chi connectivity index (χ0n) is 14.8. The van der Waals surface area contributed by atoms with Crippen LogP contribution in [0.25, 0.3) is 0 Å². The van der Waals surface area contributed by atoms with Crippen LogP contribution in [0, 0.1) is 12.8 Å². The van der Waals surface area contributed by atoms with Crippen LogP contribution in [0.5, 0.6) is 0 Å². The molecule has 1 heterocycles. The summed E-state index contributed by atoms with van der Waals surface area (Å²) in [6.07, 6.45) is 3.62. The van der Waals surface area contributed by atoms with Crippen molar-refractivity contribution in [2.24, 2.45) is 5.92 Å². The van der Waals surface area contributed by atoms with E-state index < -0.39 is 5.97 Å². The first kappa shape index (κ1) is 18.7. The second-order valence-corrected chi connectivity index (χ2v) is 7.65. The van der Waals surface area contributed by atoms with E-state index in [-0.39, 0.29) is 24.0 Å². The van der Waals surface area contributed by atoms with Crippen molar-refractivity contribution in [3.05, 3.63) is 15.6 Å². The van der Waals surface area contributed by atoms with E-state index in [4.69, 9.17) is 5.11 Å². The first-order valence-electron chi connectivity index (χ1n) is 8.55. The van der Waals surface area contributed by atoms with E-state index in [0.29, 0.717) is 12.8 Å². The molecular weight excluding hydrogens is 326 g/mol. The van der Waals surface area contributed by atoms with E-state index in [1.165, 1.54) is 0 Å². The lowest BCUT2D eigenvalue weighted by molar-refractivity contribution is -0.142. The standard InChI is InChI=1S/C17H27N3O3S/c1-5-14-18-10(2)15(24-14)11(3)20(4)17(23)19-13-8-6-12(7-9-13)16(21)22/h11-13H,5-9H2,1-4H3,(H,19,23)(H,21,22). The van der Waals surface area contributed by atoms with Crippen molar-refractivity contribution < 1.29 is 14.7 Å². The Balaban J connectivity index is 1.92. The number of amides is 2. The van der Waals surface area contributed by atoms with E-state index in [0.717, 1.165) is 34.8 Å². The van der Waals surface area contributed by atoms with Gasteiger partial charge in [0.05, 0.1) is 22.7 Å². The predicted octanol–water partition coefficient (Wildman–Crippen LogP) is 3.36. The van der Waals surface area contributed by atoms with Crippen LogP contribution >= 0.6 is 11.3 Å². The van der Waals surface area contributed by atoms with Crippen molar-refractivity contribution in [2.75, 3.05) is 7.05 Å². The van der Waals surface area contributed by atoms with Gasteiger partial charge < -0.3 is 15.3 Å². The Kier molecular flexibility index (Phi) is 6.21. The summed E-state index contributed by atoms with van der Waals surface area (Å²) >= 11 is 1.66. The number of aromatic nitrogens is 1. The number of rotatable bonds is 5. The van der Waals surface area contributed by atoms with Crippen molar-refractivity contribution in [3.63, 3.8) is 0 Å². The second kappa shape index (κ2) is 7.96. The Morgan fingerprint density at radius 2 is 2.00 bits per heavy atom. The molecule has 1 atom stereocenters. The largest absolute Gasteiger partial charge is 0.481 e. The maximum atomic E-state index is 12.5. The number of urea groups is 1. The average Bonchev–Trinajstić information content (AvgIpc) is 2.94. The molecule has 0 bridgehead atoms. The molecule has 1 aromatic heterocycles. The second-order valence-electron chi connectivity index (χ2n) is 6.53. The van der Waals surface area contributed by atoms with E-state index in [1.807, 2.05) is 13.8 Å². The molecule has 0 saturated heterocycles. The highest BCUT2D eigenvalue weighted by Gasteiger charge is 2.28. The molecule has 6 nitrogen and oxygen atoms in total. The zero-order valence-corrected chi connectivity index (χ0v) is 15.7. The fourth-order valence-electron chi connectivity index (χ4n) is 3.12. The van der Waals surface area contributed by atoms with E-state index in [2.05, 4.69) is 17.2 Å². The van der Waals surface area contributed by atoms with Crippen LogP contribution in [0.15, 0.2) is 0 Å². The van der Waals surface area contributed by atoms with Gasteiger partial charge in [0.25, 0.3) is 0 Å². The lowest BCUT2D eigenvalue weighted by Crippen LogP contribution is -2.45. The highest BCUT2D eigenvalue weighted by atomic mass is 32.1. The maximum absolute atomic E-state index is 12.5. The van der Waals surface area contributed by atoms with Crippen molar-refractivity contribution in [1.29, 1.82) is 0 Å².